The predicted molar refractivity (Wildman–Crippen MR) is 93.4 cm³/mol. The summed E-state index contributed by atoms with van der Waals surface area (Å²) >= 11 is 0. The summed E-state index contributed by atoms with van der Waals surface area (Å²) in [4.78, 5) is 0.0115. The van der Waals surface area contributed by atoms with E-state index in [0.717, 1.165) is 0 Å². The number of sulfonamides is 1. The molecule has 26 heavy (non-hydrogen) atoms. The smallest absolute Gasteiger partial charge is 0.247 e. The largest absolute Gasteiger partial charge is 0.497 e. The van der Waals surface area contributed by atoms with Gasteiger partial charge >= 0.3 is 0 Å². The van der Waals surface area contributed by atoms with E-state index in [1.807, 2.05) is 0 Å². The molecule has 0 aliphatic carbocycles. The number of hydrogen-bond acceptors (Lipinski definition) is 6. The van der Waals surface area contributed by atoms with Crippen molar-refractivity contribution in [3.8, 4) is 11.5 Å². The number of furan rings is 2. The molecule has 1 aromatic carbocycles. The van der Waals surface area contributed by atoms with E-state index in [1.165, 1.54) is 37.1 Å². The number of benzene rings is 1. The van der Waals surface area contributed by atoms with Crippen LogP contribution in [0.15, 0.2) is 68.7 Å². The Morgan fingerprint density at radius 3 is 2.00 bits per heavy atom. The summed E-state index contributed by atoms with van der Waals surface area (Å²) in [7, 11) is -1.03. The van der Waals surface area contributed by atoms with Gasteiger partial charge in [0.1, 0.15) is 27.9 Å². The molecule has 0 unspecified atom stereocenters. The number of rotatable bonds is 8. The van der Waals surface area contributed by atoms with Gasteiger partial charge in [0.2, 0.25) is 10.0 Å². The lowest BCUT2D eigenvalue weighted by atomic mass is 10.3. The normalized spacial score (nSPS) is 11.7. The van der Waals surface area contributed by atoms with Gasteiger partial charge in [-0.25, -0.2) is 8.42 Å². The molecule has 3 aromatic rings. The van der Waals surface area contributed by atoms with Gasteiger partial charge < -0.3 is 18.3 Å². The minimum absolute atomic E-state index is 0.0115. The van der Waals surface area contributed by atoms with E-state index in [9.17, 15) is 8.42 Å². The van der Waals surface area contributed by atoms with Crippen LogP contribution in [0.4, 0.5) is 0 Å². The van der Waals surface area contributed by atoms with Crippen molar-refractivity contribution >= 4 is 10.0 Å². The van der Waals surface area contributed by atoms with Crippen molar-refractivity contribution in [1.29, 1.82) is 0 Å². The van der Waals surface area contributed by atoms with E-state index < -0.39 is 10.0 Å². The van der Waals surface area contributed by atoms with Crippen LogP contribution in [0, 0.1) is 0 Å². The minimum Gasteiger partial charge on any atom is -0.497 e. The lowest BCUT2D eigenvalue weighted by Gasteiger charge is -2.22. The topological polar surface area (TPSA) is 82.1 Å². The highest BCUT2D eigenvalue weighted by Gasteiger charge is 2.30. The number of methoxy groups -OCH3 is 2. The number of ether oxygens (including phenoxy) is 2. The second-order valence-electron chi connectivity index (χ2n) is 5.45. The van der Waals surface area contributed by atoms with Gasteiger partial charge in [0.05, 0.1) is 39.8 Å². The van der Waals surface area contributed by atoms with Crippen LogP contribution in [-0.2, 0) is 23.1 Å². The average molecular weight is 377 g/mol. The van der Waals surface area contributed by atoms with E-state index in [4.69, 9.17) is 18.3 Å². The molecular formula is C18H19NO6S. The Morgan fingerprint density at radius 1 is 0.923 bits per heavy atom. The molecule has 0 aliphatic rings. The van der Waals surface area contributed by atoms with Gasteiger partial charge in [-0.3, -0.25) is 0 Å². The third-order valence-electron chi connectivity index (χ3n) is 3.81. The predicted octanol–water partition coefficient (Wildman–Crippen LogP) is 3.28. The molecule has 8 heteroatoms. The minimum atomic E-state index is -3.92. The van der Waals surface area contributed by atoms with Crippen LogP contribution < -0.4 is 9.47 Å². The molecule has 0 atom stereocenters. The van der Waals surface area contributed by atoms with Gasteiger partial charge in [-0.1, -0.05) is 0 Å². The summed E-state index contributed by atoms with van der Waals surface area (Å²) in [6.45, 7) is 0.104. The maximum absolute atomic E-state index is 13.3. The Kier molecular flexibility index (Phi) is 5.34. The number of nitrogens with zero attached hydrogens (tertiary/aromatic N) is 1. The first-order chi connectivity index (χ1) is 12.5. The fourth-order valence-corrected chi connectivity index (χ4v) is 4.05. The Bertz CT molecular complexity index is 896. The van der Waals surface area contributed by atoms with Crippen LogP contribution in [0.1, 0.15) is 11.5 Å². The van der Waals surface area contributed by atoms with E-state index in [0.29, 0.717) is 17.3 Å². The van der Waals surface area contributed by atoms with Gasteiger partial charge in [-0.2, -0.15) is 4.31 Å². The van der Waals surface area contributed by atoms with E-state index in [2.05, 4.69) is 0 Å². The molecule has 3 rings (SSSR count). The van der Waals surface area contributed by atoms with E-state index in [1.54, 1.807) is 36.4 Å². The summed E-state index contributed by atoms with van der Waals surface area (Å²) in [6, 6.07) is 11.5. The molecule has 0 saturated heterocycles. The molecule has 0 spiro atoms. The van der Waals surface area contributed by atoms with Crippen molar-refractivity contribution in [2.45, 2.75) is 18.0 Å². The van der Waals surface area contributed by atoms with Crippen LogP contribution >= 0.6 is 0 Å². The Morgan fingerprint density at radius 2 is 1.54 bits per heavy atom. The molecule has 2 aromatic heterocycles. The van der Waals surface area contributed by atoms with Crippen LogP contribution in [-0.4, -0.2) is 26.9 Å². The zero-order valence-electron chi connectivity index (χ0n) is 14.4. The van der Waals surface area contributed by atoms with Gasteiger partial charge in [-0.15, -0.1) is 0 Å². The van der Waals surface area contributed by atoms with Crippen molar-refractivity contribution in [3.63, 3.8) is 0 Å². The third kappa shape index (κ3) is 3.76. The molecule has 0 radical (unpaired) electrons. The van der Waals surface area contributed by atoms with Gasteiger partial charge in [0.15, 0.2) is 0 Å². The molecule has 138 valence electrons. The average Bonchev–Trinajstić information content (AvgIpc) is 3.34. The van der Waals surface area contributed by atoms with Crippen LogP contribution in [0.5, 0.6) is 11.5 Å². The third-order valence-corrected chi connectivity index (χ3v) is 5.63. The lowest BCUT2D eigenvalue weighted by molar-refractivity contribution is 0.327. The standard InChI is InChI=1S/C18H19NO6S/c1-22-14-7-8-17(23-2)18(11-14)26(20,21)19(12-15-5-3-9-24-15)13-16-6-4-10-25-16/h3-11H,12-13H2,1-2H3. The summed E-state index contributed by atoms with van der Waals surface area (Å²) in [5, 5.41) is 0. The first-order valence-corrected chi connectivity index (χ1v) is 9.25. The summed E-state index contributed by atoms with van der Waals surface area (Å²) in [6.07, 6.45) is 3.00. The zero-order chi connectivity index (χ0) is 18.6. The summed E-state index contributed by atoms with van der Waals surface area (Å²) < 4.78 is 49.0. The molecule has 0 aliphatic heterocycles. The highest BCUT2D eigenvalue weighted by atomic mass is 32.2. The molecule has 0 N–H and O–H groups in total. The summed E-state index contributed by atoms with van der Waals surface area (Å²) in [5.41, 5.74) is 0. The summed E-state index contributed by atoms with van der Waals surface area (Å²) in [5.74, 6) is 1.68. The lowest BCUT2D eigenvalue weighted by Crippen LogP contribution is -2.30. The van der Waals surface area contributed by atoms with E-state index in [-0.39, 0.29) is 23.7 Å². The van der Waals surface area contributed by atoms with Crippen LogP contribution in [0.25, 0.3) is 0 Å². The van der Waals surface area contributed by atoms with Gasteiger partial charge in [0, 0.05) is 6.07 Å². The molecule has 2 heterocycles. The van der Waals surface area contributed by atoms with Crippen LogP contribution in [0.3, 0.4) is 0 Å². The highest BCUT2D eigenvalue weighted by molar-refractivity contribution is 7.89. The SMILES string of the molecule is COc1ccc(OC)c(S(=O)(=O)N(Cc2ccco2)Cc2ccco2)c1. The van der Waals surface area contributed by atoms with Crippen molar-refractivity contribution in [2.75, 3.05) is 14.2 Å². The fraction of sp³-hybridized carbons (Fsp3) is 0.222. The zero-order valence-corrected chi connectivity index (χ0v) is 15.2. The highest BCUT2D eigenvalue weighted by Crippen LogP contribution is 2.32. The molecule has 0 bridgehead atoms. The van der Waals surface area contributed by atoms with Crippen molar-refractivity contribution in [3.05, 3.63) is 66.5 Å². The van der Waals surface area contributed by atoms with Crippen molar-refractivity contribution in [1.82, 2.24) is 4.31 Å². The van der Waals surface area contributed by atoms with Gasteiger partial charge in [-0.05, 0) is 36.4 Å². The second kappa shape index (κ2) is 7.67. The maximum Gasteiger partial charge on any atom is 0.247 e. The molecule has 7 nitrogen and oxygen atoms in total. The Balaban J connectivity index is 2.03. The monoisotopic (exact) mass is 377 g/mol. The van der Waals surface area contributed by atoms with Gasteiger partial charge in [0.25, 0.3) is 0 Å². The molecule has 0 fully saturated rings. The quantitative estimate of drug-likeness (QED) is 0.599. The second-order valence-corrected chi connectivity index (χ2v) is 7.35. The fourth-order valence-electron chi connectivity index (χ4n) is 2.50. The Labute approximate surface area is 151 Å². The first kappa shape index (κ1) is 18.1. The van der Waals surface area contributed by atoms with Crippen molar-refractivity contribution in [2.24, 2.45) is 0 Å². The maximum atomic E-state index is 13.3. The van der Waals surface area contributed by atoms with E-state index >= 15 is 0 Å². The van der Waals surface area contributed by atoms with Crippen molar-refractivity contribution < 1.29 is 26.7 Å². The van der Waals surface area contributed by atoms with Crippen LogP contribution in [0.2, 0.25) is 0 Å². The number of hydrogen-bond donors (Lipinski definition) is 0. The molecular weight excluding hydrogens is 358 g/mol. The molecule has 0 amide bonds. The first-order valence-electron chi connectivity index (χ1n) is 7.81. The molecule has 0 saturated carbocycles. The Hall–Kier alpha value is -2.71.